The summed E-state index contributed by atoms with van der Waals surface area (Å²) in [6.45, 7) is 11.1. The van der Waals surface area contributed by atoms with Crippen LogP contribution in [0.4, 0.5) is 0 Å². The lowest BCUT2D eigenvalue weighted by molar-refractivity contribution is 0.149. The van der Waals surface area contributed by atoms with E-state index in [0.717, 1.165) is 25.7 Å². The molecule has 2 rings (SSSR count). The van der Waals surface area contributed by atoms with E-state index in [-0.39, 0.29) is 11.2 Å². The fraction of sp³-hybridized carbons (Fsp3) is 0.778. The second-order valence-electron chi connectivity index (χ2n) is 6.96. The van der Waals surface area contributed by atoms with Crippen molar-refractivity contribution >= 4 is 0 Å². The summed E-state index contributed by atoms with van der Waals surface area (Å²) in [5.74, 6) is 1.15. The molecule has 0 radical (unpaired) electrons. The van der Waals surface area contributed by atoms with E-state index in [2.05, 4.69) is 13.2 Å². The summed E-state index contributed by atoms with van der Waals surface area (Å²) in [7, 11) is 0. The van der Waals surface area contributed by atoms with Crippen molar-refractivity contribution in [2.45, 2.75) is 76.4 Å². The minimum absolute atomic E-state index is 0.318. The molecule has 2 fully saturated rings. The minimum Gasteiger partial charge on any atom is -0.390 e. The lowest BCUT2D eigenvalue weighted by Gasteiger charge is -1.99. The summed E-state index contributed by atoms with van der Waals surface area (Å²) in [4.78, 5) is 0. The SMILES string of the molecule is C=CCCC[C@@H]1C[C@@]1(C)O.C=CCCC[C@H]1C[C@]1(C)O. The third-order valence-corrected chi connectivity index (χ3v) is 4.68. The molecule has 2 nitrogen and oxygen atoms in total. The van der Waals surface area contributed by atoms with Crippen molar-refractivity contribution in [1.29, 1.82) is 0 Å². The van der Waals surface area contributed by atoms with E-state index in [1.54, 1.807) is 0 Å². The van der Waals surface area contributed by atoms with Gasteiger partial charge < -0.3 is 10.2 Å². The Balaban J connectivity index is 0.000000200. The average molecular weight is 280 g/mol. The fourth-order valence-corrected chi connectivity index (χ4v) is 2.72. The molecule has 2 aliphatic carbocycles. The van der Waals surface area contributed by atoms with Crippen LogP contribution >= 0.6 is 0 Å². The van der Waals surface area contributed by atoms with Crippen LogP contribution in [0.15, 0.2) is 25.3 Å². The predicted octanol–water partition coefficient (Wildman–Crippen LogP) is 4.23. The summed E-state index contributed by atoms with van der Waals surface area (Å²) in [6, 6.07) is 0. The summed E-state index contributed by atoms with van der Waals surface area (Å²) in [6.07, 6.45) is 12.8. The van der Waals surface area contributed by atoms with Gasteiger partial charge in [-0.1, -0.05) is 12.2 Å². The topological polar surface area (TPSA) is 40.5 Å². The third-order valence-electron chi connectivity index (χ3n) is 4.68. The molecule has 2 aliphatic rings. The average Bonchev–Trinajstić information content (AvgIpc) is 3.17. The van der Waals surface area contributed by atoms with Gasteiger partial charge in [-0.2, -0.15) is 0 Å². The number of aliphatic hydroxyl groups is 2. The highest BCUT2D eigenvalue weighted by Gasteiger charge is 2.47. The van der Waals surface area contributed by atoms with Crippen LogP contribution in [0, 0.1) is 11.8 Å². The van der Waals surface area contributed by atoms with E-state index in [0.29, 0.717) is 11.8 Å². The Labute approximate surface area is 124 Å². The van der Waals surface area contributed by atoms with Gasteiger partial charge in [0.25, 0.3) is 0 Å². The van der Waals surface area contributed by atoms with Crippen LogP contribution in [0.5, 0.6) is 0 Å². The molecule has 0 heterocycles. The molecule has 2 heteroatoms. The molecule has 0 bridgehead atoms. The van der Waals surface area contributed by atoms with Crippen LogP contribution < -0.4 is 0 Å². The number of allylic oxidation sites excluding steroid dienone is 2. The Morgan fingerprint density at radius 1 is 0.900 bits per heavy atom. The molecular formula is C18H32O2. The van der Waals surface area contributed by atoms with Crippen LogP contribution in [0.25, 0.3) is 0 Å². The van der Waals surface area contributed by atoms with E-state index in [9.17, 15) is 10.2 Å². The Morgan fingerprint density at radius 2 is 1.20 bits per heavy atom. The van der Waals surface area contributed by atoms with Gasteiger partial charge in [-0.25, -0.2) is 0 Å². The Kier molecular flexibility index (Phi) is 6.47. The lowest BCUT2D eigenvalue weighted by Crippen LogP contribution is -2.02. The van der Waals surface area contributed by atoms with Gasteiger partial charge in [0.15, 0.2) is 0 Å². The van der Waals surface area contributed by atoms with Crippen molar-refractivity contribution in [3.8, 4) is 0 Å². The number of hydrogen-bond donors (Lipinski definition) is 2. The number of hydrogen-bond acceptors (Lipinski definition) is 2. The lowest BCUT2D eigenvalue weighted by atomic mass is 10.1. The first-order valence-electron chi connectivity index (χ1n) is 8.00. The van der Waals surface area contributed by atoms with Gasteiger partial charge in [0.05, 0.1) is 11.2 Å². The standard InChI is InChI=1S/2C9H16O/c2*1-3-4-5-6-8-7-9(8,2)10/h2*3,8,10H,1,4-7H2,2H3/t2*8-,9-/m10/s1. The van der Waals surface area contributed by atoms with Crippen molar-refractivity contribution in [3.05, 3.63) is 25.3 Å². The van der Waals surface area contributed by atoms with Crippen LogP contribution in [0.3, 0.4) is 0 Å². The molecule has 2 saturated carbocycles. The largest absolute Gasteiger partial charge is 0.390 e. The normalized spacial score (nSPS) is 37.6. The second kappa shape index (κ2) is 7.42. The molecule has 0 unspecified atom stereocenters. The molecule has 0 aromatic carbocycles. The zero-order chi connectivity index (χ0) is 15.2. The molecule has 0 aliphatic heterocycles. The molecule has 2 N–H and O–H groups in total. The van der Waals surface area contributed by atoms with Crippen molar-refractivity contribution in [2.75, 3.05) is 0 Å². The first kappa shape index (κ1) is 17.5. The van der Waals surface area contributed by atoms with Gasteiger partial charge >= 0.3 is 0 Å². The van der Waals surface area contributed by atoms with E-state index in [4.69, 9.17) is 0 Å². The molecule has 4 atom stereocenters. The molecular weight excluding hydrogens is 248 g/mol. The third kappa shape index (κ3) is 6.23. The van der Waals surface area contributed by atoms with Crippen molar-refractivity contribution < 1.29 is 10.2 Å². The van der Waals surface area contributed by atoms with Crippen molar-refractivity contribution in [3.63, 3.8) is 0 Å². The monoisotopic (exact) mass is 280 g/mol. The van der Waals surface area contributed by atoms with Gasteiger partial charge in [0.1, 0.15) is 0 Å². The molecule has 116 valence electrons. The highest BCUT2D eigenvalue weighted by molar-refractivity contribution is 4.99. The van der Waals surface area contributed by atoms with E-state index in [1.165, 1.54) is 25.7 Å². The van der Waals surface area contributed by atoms with Gasteiger partial charge in [-0.15, -0.1) is 13.2 Å². The summed E-state index contributed by atoms with van der Waals surface area (Å²) in [5, 5.41) is 18.7. The number of unbranched alkanes of at least 4 members (excludes halogenated alkanes) is 2. The zero-order valence-electron chi connectivity index (χ0n) is 13.3. The Bertz CT molecular complexity index is 285. The summed E-state index contributed by atoms with van der Waals surface area (Å²) in [5.41, 5.74) is -0.637. The van der Waals surface area contributed by atoms with Crippen LogP contribution in [0.2, 0.25) is 0 Å². The maximum Gasteiger partial charge on any atom is 0.0652 e. The highest BCUT2D eigenvalue weighted by atomic mass is 16.3. The van der Waals surface area contributed by atoms with E-state index < -0.39 is 0 Å². The van der Waals surface area contributed by atoms with Gasteiger partial charge in [-0.3, -0.25) is 0 Å². The van der Waals surface area contributed by atoms with Crippen molar-refractivity contribution in [2.24, 2.45) is 11.8 Å². The molecule has 20 heavy (non-hydrogen) atoms. The Hall–Kier alpha value is -0.600. The fourth-order valence-electron chi connectivity index (χ4n) is 2.72. The molecule has 0 amide bonds. The molecule has 0 aromatic rings. The first-order chi connectivity index (χ1) is 9.33. The summed E-state index contributed by atoms with van der Waals surface area (Å²) >= 11 is 0. The van der Waals surface area contributed by atoms with Crippen LogP contribution in [-0.4, -0.2) is 21.4 Å². The first-order valence-corrected chi connectivity index (χ1v) is 8.00. The molecule has 0 aromatic heterocycles. The van der Waals surface area contributed by atoms with Crippen molar-refractivity contribution in [1.82, 2.24) is 0 Å². The van der Waals surface area contributed by atoms with E-state index in [1.807, 2.05) is 26.0 Å². The maximum atomic E-state index is 9.37. The van der Waals surface area contributed by atoms with Gasteiger partial charge in [0.2, 0.25) is 0 Å². The second-order valence-corrected chi connectivity index (χ2v) is 6.96. The minimum atomic E-state index is -0.318. The highest BCUT2D eigenvalue weighted by Crippen LogP contribution is 2.46. The summed E-state index contributed by atoms with van der Waals surface area (Å²) < 4.78 is 0. The zero-order valence-corrected chi connectivity index (χ0v) is 13.3. The molecule has 0 saturated heterocycles. The smallest absolute Gasteiger partial charge is 0.0652 e. The van der Waals surface area contributed by atoms with E-state index >= 15 is 0 Å². The van der Waals surface area contributed by atoms with Gasteiger partial charge in [-0.05, 0) is 77.0 Å². The van der Waals surface area contributed by atoms with Crippen LogP contribution in [-0.2, 0) is 0 Å². The van der Waals surface area contributed by atoms with Gasteiger partial charge in [0, 0.05) is 0 Å². The molecule has 0 spiro atoms. The number of rotatable bonds is 8. The predicted molar refractivity (Wildman–Crippen MR) is 85.6 cm³/mol. The Morgan fingerprint density at radius 3 is 1.40 bits per heavy atom. The van der Waals surface area contributed by atoms with Crippen LogP contribution in [0.1, 0.15) is 65.2 Å². The quantitative estimate of drug-likeness (QED) is 0.516. The maximum absolute atomic E-state index is 9.37.